The molecule has 0 fully saturated rings. The van der Waals surface area contributed by atoms with Gasteiger partial charge in [0.2, 0.25) is 0 Å². The Morgan fingerprint density at radius 1 is 0.417 bits per heavy atom. The van der Waals surface area contributed by atoms with E-state index in [1.54, 1.807) is 0 Å². The Kier molecular flexibility index (Phi) is 45.9. The summed E-state index contributed by atoms with van der Waals surface area (Å²) in [6, 6.07) is 0. The number of unbranched alkanes of at least 4 members (excludes halogenated alkanes) is 34. The first kappa shape index (κ1) is 58.5. The normalized spacial score (nSPS) is 12.5. The van der Waals surface area contributed by atoms with Crippen LogP contribution in [0, 0.1) is 0 Å². The summed E-state index contributed by atoms with van der Waals surface area (Å²) in [5.74, 6) is -0.872. The number of rotatable bonds is 48. The fourth-order valence-corrected chi connectivity index (χ4v) is 7.96. The fourth-order valence-electron chi connectivity index (χ4n) is 7.60. The average Bonchev–Trinajstić information content (AvgIpc) is 3.22. The summed E-state index contributed by atoms with van der Waals surface area (Å²) < 4.78 is 26.5. The number of hydrogen-bond donors (Lipinski definition) is 2. The molecule has 0 aliphatic heterocycles. The van der Waals surface area contributed by atoms with Crippen LogP contribution in [-0.2, 0) is 28.2 Å². The summed E-state index contributed by atoms with van der Waals surface area (Å²) in [4.78, 5) is 43.1. The SMILES string of the molecule is CCCCCCCC/C=C/CCCCCCCCCCCCCC(=O)OC[C@H](COP(=O)(O)O)OC(=O)CCCCCCCCCCCCC/C=C/CCCCCCCC. The topological polar surface area (TPSA) is 119 Å². The van der Waals surface area contributed by atoms with Crippen LogP contribution in [-0.4, -0.2) is 41.0 Å². The van der Waals surface area contributed by atoms with E-state index >= 15 is 0 Å². The Morgan fingerprint density at radius 3 is 1.02 bits per heavy atom. The predicted molar refractivity (Wildman–Crippen MR) is 253 cm³/mol. The van der Waals surface area contributed by atoms with Gasteiger partial charge in [-0.2, -0.15) is 0 Å². The van der Waals surface area contributed by atoms with E-state index < -0.39 is 32.5 Å². The quantitative estimate of drug-likeness (QED) is 0.0269. The van der Waals surface area contributed by atoms with Crippen molar-refractivity contribution in [3.05, 3.63) is 24.3 Å². The van der Waals surface area contributed by atoms with Crippen LogP contribution in [0.25, 0.3) is 0 Å². The molecule has 60 heavy (non-hydrogen) atoms. The summed E-state index contributed by atoms with van der Waals surface area (Å²) in [6.07, 6.45) is 56.2. The zero-order valence-electron chi connectivity index (χ0n) is 39.4. The third kappa shape index (κ3) is 49.2. The molecule has 0 saturated heterocycles. The maximum Gasteiger partial charge on any atom is 0.469 e. The second-order valence-corrected chi connectivity index (χ2v) is 18.7. The highest BCUT2D eigenvalue weighted by atomic mass is 31.2. The van der Waals surface area contributed by atoms with Crippen molar-refractivity contribution in [3.8, 4) is 0 Å². The molecule has 0 aromatic heterocycles. The van der Waals surface area contributed by atoms with E-state index in [1.165, 1.54) is 199 Å². The molecule has 0 rings (SSSR count). The second kappa shape index (κ2) is 47.0. The van der Waals surface area contributed by atoms with E-state index in [-0.39, 0.29) is 19.4 Å². The summed E-state index contributed by atoms with van der Waals surface area (Å²) in [5, 5.41) is 0. The van der Waals surface area contributed by atoms with Gasteiger partial charge in [-0.15, -0.1) is 0 Å². The van der Waals surface area contributed by atoms with Crippen molar-refractivity contribution in [1.29, 1.82) is 0 Å². The molecule has 0 spiro atoms. The predicted octanol–water partition coefficient (Wildman–Crippen LogP) is 16.3. The van der Waals surface area contributed by atoms with Crippen molar-refractivity contribution >= 4 is 19.8 Å². The van der Waals surface area contributed by atoms with Crippen molar-refractivity contribution in [3.63, 3.8) is 0 Å². The molecule has 354 valence electrons. The van der Waals surface area contributed by atoms with Crippen molar-refractivity contribution in [2.24, 2.45) is 0 Å². The molecule has 0 aliphatic rings. The third-order valence-electron chi connectivity index (χ3n) is 11.4. The molecule has 0 aromatic carbocycles. The molecule has 0 aliphatic carbocycles. The highest BCUT2D eigenvalue weighted by Crippen LogP contribution is 2.36. The highest BCUT2D eigenvalue weighted by molar-refractivity contribution is 7.46. The summed E-state index contributed by atoms with van der Waals surface area (Å²) in [5.41, 5.74) is 0. The number of hydrogen-bond acceptors (Lipinski definition) is 6. The lowest BCUT2D eigenvalue weighted by Crippen LogP contribution is -2.29. The van der Waals surface area contributed by atoms with Crippen LogP contribution in [0.2, 0.25) is 0 Å². The Hall–Kier alpha value is -1.47. The number of carbonyl (C=O) groups is 2. The van der Waals surface area contributed by atoms with Crippen molar-refractivity contribution < 1.29 is 37.9 Å². The molecule has 0 unspecified atom stereocenters. The van der Waals surface area contributed by atoms with Crippen LogP contribution in [0.5, 0.6) is 0 Å². The first-order valence-electron chi connectivity index (χ1n) is 25.6. The molecule has 9 heteroatoms. The van der Waals surface area contributed by atoms with Crippen molar-refractivity contribution in [1.82, 2.24) is 0 Å². The summed E-state index contributed by atoms with van der Waals surface area (Å²) >= 11 is 0. The van der Waals surface area contributed by atoms with Crippen LogP contribution in [0.4, 0.5) is 0 Å². The van der Waals surface area contributed by atoms with Crippen molar-refractivity contribution in [2.45, 2.75) is 277 Å². The first-order valence-corrected chi connectivity index (χ1v) is 27.2. The fraction of sp³-hybridized carbons (Fsp3) is 0.882. The lowest BCUT2D eigenvalue weighted by Gasteiger charge is -2.18. The minimum Gasteiger partial charge on any atom is -0.462 e. The van der Waals surface area contributed by atoms with Gasteiger partial charge in [0.05, 0.1) is 6.61 Å². The standard InChI is InChI=1S/C51H97O8P/c1-3-5-7-9-11-13-15-17-19-21-23-25-27-29-31-33-35-37-39-41-43-45-50(52)57-47-49(48-58-60(54,55)56)59-51(53)46-44-42-40-38-36-34-32-30-28-26-24-22-20-18-16-14-12-10-8-6-4-2/h17-20,49H,3-16,21-48H2,1-2H3,(H2,54,55,56)/b19-17+,20-18+/t49-/m1/s1. The molecule has 0 radical (unpaired) electrons. The lowest BCUT2D eigenvalue weighted by molar-refractivity contribution is -0.161. The number of ether oxygens (including phenoxy) is 2. The van der Waals surface area contributed by atoms with E-state index in [0.717, 1.165) is 38.5 Å². The van der Waals surface area contributed by atoms with Crippen LogP contribution in [0.1, 0.15) is 271 Å². The number of esters is 2. The van der Waals surface area contributed by atoms with E-state index in [9.17, 15) is 14.2 Å². The van der Waals surface area contributed by atoms with Crippen molar-refractivity contribution in [2.75, 3.05) is 13.2 Å². The summed E-state index contributed by atoms with van der Waals surface area (Å²) in [6.45, 7) is 3.72. The van der Waals surface area contributed by atoms with Gasteiger partial charge in [-0.25, -0.2) is 4.57 Å². The van der Waals surface area contributed by atoms with Crippen LogP contribution >= 0.6 is 7.82 Å². The van der Waals surface area contributed by atoms with E-state index in [1.807, 2.05) is 0 Å². The Labute approximate surface area is 370 Å². The van der Waals surface area contributed by atoms with E-state index in [4.69, 9.17) is 19.3 Å². The molecule has 8 nitrogen and oxygen atoms in total. The minimum absolute atomic E-state index is 0.214. The minimum atomic E-state index is -4.76. The van der Waals surface area contributed by atoms with Gasteiger partial charge in [0, 0.05) is 12.8 Å². The molecule has 2 N–H and O–H groups in total. The Morgan fingerprint density at radius 2 is 0.700 bits per heavy atom. The zero-order valence-corrected chi connectivity index (χ0v) is 40.3. The van der Waals surface area contributed by atoms with E-state index in [2.05, 4.69) is 42.7 Å². The van der Waals surface area contributed by atoms with Gasteiger partial charge in [0.1, 0.15) is 6.61 Å². The molecular weight excluding hydrogens is 772 g/mol. The Balaban J connectivity index is 3.79. The maximum atomic E-state index is 12.5. The highest BCUT2D eigenvalue weighted by Gasteiger charge is 2.23. The smallest absolute Gasteiger partial charge is 0.462 e. The van der Waals surface area contributed by atoms with Crippen LogP contribution in [0.15, 0.2) is 24.3 Å². The van der Waals surface area contributed by atoms with Gasteiger partial charge < -0.3 is 19.3 Å². The number of phosphoric acid groups is 1. The van der Waals surface area contributed by atoms with Gasteiger partial charge in [-0.3, -0.25) is 14.1 Å². The first-order chi connectivity index (χ1) is 29.3. The zero-order chi connectivity index (χ0) is 43.9. The molecule has 0 saturated carbocycles. The van der Waals surface area contributed by atoms with Gasteiger partial charge in [-0.05, 0) is 64.2 Å². The van der Waals surface area contributed by atoms with E-state index in [0.29, 0.717) is 6.42 Å². The van der Waals surface area contributed by atoms with Crippen LogP contribution in [0.3, 0.4) is 0 Å². The third-order valence-corrected chi connectivity index (χ3v) is 11.9. The lowest BCUT2D eigenvalue weighted by atomic mass is 10.0. The molecular formula is C51H97O8P. The van der Waals surface area contributed by atoms with Gasteiger partial charge in [-0.1, -0.05) is 218 Å². The molecule has 0 amide bonds. The average molecular weight is 869 g/mol. The van der Waals surface area contributed by atoms with Gasteiger partial charge in [0.25, 0.3) is 0 Å². The number of phosphoric ester groups is 1. The molecule has 1 atom stereocenters. The second-order valence-electron chi connectivity index (χ2n) is 17.5. The van der Waals surface area contributed by atoms with Crippen LogP contribution < -0.4 is 0 Å². The molecule has 0 heterocycles. The Bertz CT molecular complexity index is 1020. The molecule has 0 bridgehead atoms. The van der Waals surface area contributed by atoms with Gasteiger partial charge >= 0.3 is 19.8 Å². The molecule has 0 aromatic rings. The summed E-state index contributed by atoms with van der Waals surface area (Å²) in [7, 11) is -4.76. The number of carbonyl (C=O) groups excluding carboxylic acids is 2. The maximum absolute atomic E-state index is 12.5. The monoisotopic (exact) mass is 869 g/mol. The number of allylic oxidation sites excluding steroid dienone is 4. The van der Waals surface area contributed by atoms with Gasteiger partial charge in [0.15, 0.2) is 6.10 Å². The largest absolute Gasteiger partial charge is 0.469 e.